The maximum absolute atomic E-state index is 12.7. The Morgan fingerprint density at radius 1 is 1.22 bits per heavy atom. The summed E-state index contributed by atoms with van der Waals surface area (Å²) in [6, 6.07) is 9.49. The van der Waals surface area contributed by atoms with Crippen molar-refractivity contribution in [3.8, 4) is 0 Å². The van der Waals surface area contributed by atoms with E-state index in [1.807, 2.05) is 0 Å². The molecule has 0 fully saturated rings. The first-order valence-electron chi connectivity index (χ1n) is 5.39. The van der Waals surface area contributed by atoms with Crippen molar-refractivity contribution in [2.75, 3.05) is 5.32 Å². The number of nitrogens with one attached hydrogen (secondary N) is 1. The molecule has 92 valence electrons. The maximum Gasteiger partial charge on any atom is 0.267 e. The van der Waals surface area contributed by atoms with Crippen LogP contribution in [0.4, 0.5) is 10.1 Å². The summed E-state index contributed by atoms with van der Waals surface area (Å²) >= 11 is 0. The third-order valence-electron chi connectivity index (χ3n) is 2.43. The zero-order valence-electron chi connectivity index (χ0n) is 9.56. The summed E-state index contributed by atoms with van der Waals surface area (Å²) in [5.41, 5.74) is 7.03. The molecule has 0 unspecified atom stereocenters. The molecule has 1 aromatic heterocycles. The quantitative estimate of drug-likeness (QED) is 0.864. The molecule has 0 aliphatic rings. The van der Waals surface area contributed by atoms with E-state index in [1.165, 1.54) is 18.3 Å². The number of anilines is 1. The van der Waals surface area contributed by atoms with Gasteiger partial charge in [0.25, 0.3) is 5.91 Å². The lowest BCUT2D eigenvalue weighted by molar-refractivity contribution is 0.0995. The standard InChI is InChI=1S/C13H12FN3O/c14-10-3-1-9(2-4-10)7-16-11-5-6-12(13(15)18)17-8-11/h1-6,8,16H,7H2,(H2,15,18). The number of aromatic nitrogens is 1. The summed E-state index contributed by atoms with van der Waals surface area (Å²) in [5, 5.41) is 3.11. The van der Waals surface area contributed by atoms with Gasteiger partial charge in [0.15, 0.2) is 0 Å². The molecule has 0 aliphatic carbocycles. The first-order chi connectivity index (χ1) is 8.65. The molecule has 4 nitrogen and oxygen atoms in total. The monoisotopic (exact) mass is 245 g/mol. The second-order valence-electron chi connectivity index (χ2n) is 3.78. The normalized spacial score (nSPS) is 10.1. The van der Waals surface area contributed by atoms with Crippen molar-refractivity contribution in [2.24, 2.45) is 5.73 Å². The summed E-state index contributed by atoms with van der Waals surface area (Å²) in [5.74, 6) is -0.814. The number of nitrogens with two attached hydrogens (primary N) is 1. The third kappa shape index (κ3) is 3.04. The van der Waals surface area contributed by atoms with Gasteiger partial charge in [-0.05, 0) is 29.8 Å². The molecule has 0 radical (unpaired) electrons. The van der Waals surface area contributed by atoms with Crippen LogP contribution in [0.5, 0.6) is 0 Å². The molecule has 1 amide bonds. The van der Waals surface area contributed by atoms with E-state index in [9.17, 15) is 9.18 Å². The van der Waals surface area contributed by atoms with Gasteiger partial charge in [0.2, 0.25) is 0 Å². The topological polar surface area (TPSA) is 68.0 Å². The molecule has 1 heterocycles. The third-order valence-corrected chi connectivity index (χ3v) is 2.43. The summed E-state index contributed by atoms with van der Waals surface area (Å²) in [4.78, 5) is 14.7. The van der Waals surface area contributed by atoms with E-state index in [-0.39, 0.29) is 11.5 Å². The van der Waals surface area contributed by atoms with E-state index in [0.29, 0.717) is 6.54 Å². The molecule has 0 atom stereocenters. The van der Waals surface area contributed by atoms with Crippen molar-refractivity contribution in [1.82, 2.24) is 4.98 Å². The predicted octanol–water partition coefficient (Wildman–Crippen LogP) is 1.93. The minimum atomic E-state index is -0.555. The smallest absolute Gasteiger partial charge is 0.267 e. The molecule has 2 rings (SSSR count). The number of amides is 1. The largest absolute Gasteiger partial charge is 0.380 e. The van der Waals surface area contributed by atoms with Crippen LogP contribution in [0.25, 0.3) is 0 Å². The Bertz CT molecular complexity index is 537. The average Bonchev–Trinajstić information content (AvgIpc) is 2.38. The Kier molecular flexibility index (Phi) is 3.52. The highest BCUT2D eigenvalue weighted by molar-refractivity contribution is 5.90. The molecule has 1 aromatic carbocycles. The van der Waals surface area contributed by atoms with Crippen LogP contribution in [0.1, 0.15) is 16.1 Å². The minimum Gasteiger partial charge on any atom is -0.380 e. The zero-order chi connectivity index (χ0) is 13.0. The Morgan fingerprint density at radius 2 is 1.94 bits per heavy atom. The minimum absolute atomic E-state index is 0.224. The number of pyridine rings is 1. The first-order valence-corrected chi connectivity index (χ1v) is 5.39. The number of nitrogens with zero attached hydrogens (tertiary/aromatic N) is 1. The van der Waals surface area contributed by atoms with Crippen molar-refractivity contribution in [3.05, 3.63) is 59.7 Å². The Morgan fingerprint density at radius 3 is 2.50 bits per heavy atom. The van der Waals surface area contributed by atoms with Crippen LogP contribution in [0.15, 0.2) is 42.6 Å². The second kappa shape index (κ2) is 5.27. The number of halogens is 1. The van der Waals surface area contributed by atoms with Crippen LogP contribution in [-0.4, -0.2) is 10.9 Å². The number of carbonyl (C=O) groups excluding carboxylic acids is 1. The molecular formula is C13H12FN3O. The Labute approximate surface area is 104 Å². The second-order valence-corrected chi connectivity index (χ2v) is 3.78. The van der Waals surface area contributed by atoms with E-state index >= 15 is 0 Å². The maximum atomic E-state index is 12.7. The van der Waals surface area contributed by atoms with Gasteiger partial charge in [0, 0.05) is 6.54 Å². The van der Waals surface area contributed by atoms with Gasteiger partial charge in [-0.1, -0.05) is 12.1 Å². The summed E-state index contributed by atoms with van der Waals surface area (Å²) in [6.45, 7) is 0.553. The lowest BCUT2D eigenvalue weighted by Crippen LogP contribution is -2.12. The number of benzene rings is 1. The number of primary amides is 1. The van der Waals surface area contributed by atoms with Crippen LogP contribution in [0.2, 0.25) is 0 Å². The van der Waals surface area contributed by atoms with Crippen LogP contribution in [0, 0.1) is 5.82 Å². The van der Waals surface area contributed by atoms with Crippen LogP contribution in [-0.2, 0) is 6.54 Å². The van der Waals surface area contributed by atoms with E-state index < -0.39 is 5.91 Å². The lowest BCUT2D eigenvalue weighted by atomic mass is 10.2. The van der Waals surface area contributed by atoms with E-state index in [2.05, 4.69) is 10.3 Å². The van der Waals surface area contributed by atoms with Gasteiger partial charge in [-0.2, -0.15) is 0 Å². The molecule has 0 aliphatic heterocycles. The first kappa shape index (κ1) is 12.0. The molecule has 5 heteroatoms. The lowest BCUT2D eigenvalue weighted by Gasteiger charge is -2.06. The van der Waals surface area contributed by atoms with Gasteiger partial charge in [-0.15, -0.1) is 0 Å². The molecule has 18 heavy (non-hydrogen) atoms. The fraction of sp³-hybridized carbons (Fsp3) is 0.0769. The Hall–Kier alpha value is -2.43. The van der Waals surface area contributed by atoms with Crippen molar-refractivity contribution in [1.29, 1.82) is 0 Å². The van der Waals surface area contributed by atoms with Crippen molar-refractivity contribution in [3.63, 3.8) is 0 Å². The SMILES string of the molecule is NC(=O)c1ccc(NCc2ccc(F)cc2)cn1. The molecule has 0 bridgehead atoms. The number of rotatable bonds is 4. The molecule has 0 spiro atoms. The number of carbonyl (C=O) groups is 1. The molecule has 0 saturated heterocycles. The van der Waals surface area contributed by atoms with Crippen molar-refractivity contribution in [2.45, 2.75) is 6.54 Å². The van der Waals surface area contributed by atoms with Gasteiger partial charge in [-0.3, -0.25) is 4.79 Å². The van der Waals surface area contributed by atoms with E-state index in [1.54, 1.807) is 24.3 Å². The number of hydrogen-bond donors (Lipinski definition) is 2. The molecule has 3 N–H and O–H groups in total. The highest BCUT2D eigenvalue weighted by Gasteiger charge is 2.01. The average molecular weight is 245 g/mol. The van der Waals surface area contributed by atoms with Gasteiger partial charge in [-0.25, -0.2) is 9.37 Å². The number of hydrogen-bond acceptors (Lipinski definition) is 3. The van der Waals surface area contributed by atoms with E-state index in [4.69, 9.17) is 5.73 Å². The van der Waals surface area contributed by atoms with Crippen LogP contribution in [0.3, 0.4) is 0 Å². The fourth-order valence-corrected chi connectivity index (χ4v) is 1.45. The fourth-order valence-electron chi connectivity index (χ4n) is 1.45. The van der Waals surface area contributed by atoms with Gasteiger partial charge >= 0.3 is 0 Å². The van der Waals surface area contributed by atoms with Crippen molar-refractivity contribution >= 4 is 11.6 Å². The summed E-state index contributed by atoms with van der Waals surface area (Å²) < 4.78 is 12.7. The highest BCUT2D eigenvalue weighted by atomic mass is 19.1. The van der Waals surface area contributed by atoms with Gasteiger partial charge in [0.05, 0.1) is 11.9 Å². The summed E-state index contributed by atoms with van der Waals surface area (Å²) in [6.07, 6.45) is 1.53. The van der Waals surface area contributed by atoms with Crippen molar-refractivity contribution < 1.29 is 9.18 Å². The molecule has 2 aromatic rings. The zero-order valence-corrected chi connectivity index (χ0v) is 9.56. The van der Waals surface area contributed by atoms with E-state index in [0.717, 1.165) is 11.3 Å². The van der Waals surface area contributed by atoms with Gasteiger partial charge < -0.3 is 11.1 Å². The summed E-state index contributed by atoms with van der Waals surface area (Å²) in [7, 11) is 0. The van der Waals surface area contributed by atoms with Crippen LogP contribution >= 0.6 is 0 Å². The highest BCUT2D eigenvalue weighted by Crippen LogP contribution is 2.09. The Balaban J connectivity index is 1.97. The van der Waals surface area contributed by atoms with Crippen LogP contribution < -0.4 is 11.1 Å². The predicted molar refractivity (Wildman–Crippen MR) is 66.5 cm³/mol. The molecule has 0 saturated carbocycles. The molecular weight excluding hydrogens is 233 g/mol. The van der Waals surface area contributed by atoms with Gasteiger partial charge in [0.1, 0.15) is 11.5 Å².